The number of hydrogen-bond acceptors (Lipinski definition) is 6. The summed E-state index contributed by atoms with van der Waals surface area (Å²) in [5.41, 5.74) is 1.86. The van der Waals surface area contributed by atoms with E-state index >= 15 is 0 Å². The molecular formula is C21H18Br2N2O4S. The Labute approximate surface area is 195 Å². The molecular weight excluding hydrogens is 536 g/mol. The van der Waals surface area contributed by atoms with E-state index in [-0.39, 0.29) is 11.9 Å². The summed E-state index contributed by atoms with van der Waals surface area (Å²) >= 11 is 8.21. The summed E-state index contributed by atoms with van der Waals surface area (Å²) < 4.78 is 12.1. The van der Waals surface area contributed by atoms with Crippen LogP contribution in [0.2, 0.25) is 0 Å². The Bertz CT molecular complexity index is 1050. The molecule has 0 atom stereocenters. The summed E-state index contributed by atoms with van der Waals surface area (Å²) in [4.78, 5) is 31.1. The van der Waals surface area contributed by atoms with E-state index in [9.17, 15) is 9.59 Å². The van der Waals surface area contributed by atoms with Gasteiger partial charge >= 0.3 is 5.97 Å². The molecule has 0 radical (unpaired) electrons. The molecule has 1 fully saturated rings. The van der Waals surface area contributed by atoms with E-state index in [0.29, 0.717) is 33.7 Å². The molecule has 0 aliphatic carbocycles. The first-order valence-corrected chi connectivity index (χ1v) is 11.3. The molecule has 1 heterocycles. The zero-order chi connectivity index (χ0) is 21.8. The minimum Gasteiger partial charge on any atom is -0.495 e. The maximum absolute atomic E-state index is 12.7. The summed E-state index contributed by atoms with van der Waals surface area (Å²) in [7, 11) is 3.26. The van der Waals surface area contributed by atoms with E-state index in [1.54, 1.807) is 51.4 Å². The predicted octanol–water partition coefficient (Wildman–Crippen LogP) is 5.63. The maximum atomic E-state index is 12.7. The van der Waals surface area contributed by atoms with Crippen LogP contribution in [-0.2, 0) is 9.53 Å². The molecule has 3 rings (SSSR count). The quantitative estimate of drug-likeness (QED) is 0.354. The molecule has 1 amide bonds. The third kappa shape index (κ3) is 4.96. The Morgan fingerprint density at radius 2 is 1.93 bits per heavy atom. The van der Waals surface area contributed by atoms with Crippen molar-refractivity contribution in [2.24, 2.45) is 4.99 Å². The lowest BCUT2D eigenvalue weighted by atomic mass is 10.2. The molecule has 1 saturated heterocycles. The molecule has 1 aliphatic heterocycles. The summed E-state index contributed by atoms with van der Waals surface area (Å²) in [6, 6.07) is 10.5. The number of benzene rings is 2. The van der Waals surface area contributed by atoms with E-state index in [1.807, 2.05) is 12.1 Å². The van der Waals surface area contributed by atoms with Gasteiger partial charge < -0.3 is 9.47 Å². The van der Waals surface area contributed by atoms with Crippen LogP contribution in [0.1, 0.15) is 22.8 Å². The van der Waals surface area contributed by atoms with Gasteiger partial charge in [0.25, 0.3) is 5.91 Å². The number of rotatable bonds is 5. The van der Waals surface area contributed by atoms with Crippen molar-refractivity contribution < 1.29 is 19.1 Å². The Morgan fingerprint density at radius 3 is 2.57 bits per heavy atom. The molecule has 1 aliphatic rings. The van der Waals surface area contributed by atoms with Crippen molar-refractivity contribution in [3.05, 3.63) is 61.4 Å². The first kappa shape index (κ1) is 22.6. The van der Waals surface area contributed by atoms with Gasteiger partial charge in [-0.05, 0) is 77.1 Å². The molecule has 0 saturated carbocycles. The van der Waals surface area contributed by atoms with Crippen LogP contribution in [0.4, 0.5) is 5.69 Å². The fraction of sp³-hybridized carbons (Fsp3) is 0.190. The van der Waals surface area contributed by atoms with Crippen LogP contribution in [0.15, 0.2) is 55.2 Å². The van der Waals surface area contributed by atoms with Crippen LogP contribution >= 0.6 is 43.6 Å². The number of methoxy groups -OCH3 is 1. The van der Waals surface area contributed by atoms with Gasteiger partial charge in [-0.2, -0.15) is 0 Å². The molecule has 156 valence electrons. The van der Waals surface area contributed by atoms with Crippen LogP contribution in [0.3, 0.4) is 0 Å². The molecule has 0 bridgehead atoms. The summed E-state index contributed by atoms with van der Waals surface area (Å²) in [6.07, 6.45) is 1.78. The van der Waals surface area contributed by atoms with Crippen molar-refractivity contribution in [2.45, 2.75) is 6.92 Å². The average Bonchev–Trinajstić information content (AvgIpc) is 2.96. The summed E-state index contributed by atoms with van der Waals surface area (Å²) in [5.74, 6) is 0.111. The highest BCUT2D eigenvalue weighted by Gasteiger charge is 2.30. The Balaban J connectivity index is 1.88. The van der Waals surface area contributed by atoms with E-state index in [2.05, 4.69) is 36.9 Å². The molecule has 0 N–H and O–H groups in total. The number of esters is 1. The predicted molar refractivity (Wildman–Crippen MR) is 126 cm³/mol. The standard InChI is InChI=1S/C21H18Br2N2O4S/c1-4-29-20(27)12-5-7-15(8-6-12)24-21-25(2)19(26)17(30-21)10-13-9-14(22)11-16(23)18(13)28-3/h5-11H,4H2,1-3H3. The highest BCUT2D eigenvalue weighted by Crippen LogP contribution is 2.38. The molecule has 2 aromatic rings. The van der Waals surface area contributed by atoms with Gasteiger partial charge in [0.15, 0.2) is 5.17 Å². The van der Waals surface area contributed by atoms with Crippen LogP contribution in [0.5, 0.6) is 5.75 Å². The average molecular weight is 554 g/mol. The molecule has 0 spiro atoms. The van der Waals surface area contributed by atoms with E-state index in [0.717, 1.165) is 14.5 Å². The Hall–Kier alpha value is -2.10. The SMILES string of the molecule is CCOC(=O)c1ccc(N=C2SC(=Cc3cc(Br)cc(Br)c3OC)C(=O)N2C)cc1. The highest BCUT2D eigenvalue weighted by atomic mass is 79.9. The molecule has 6 nitrogen and oxygen atoms in total. The second kappa shape index (κ2) is 9.80. The van der Waals surface area contributed by atoms with Gasteiger partial charge in [-0.3, -0.25) is 9.69 Å². The zero-order valence-electron chi connectivity index (χ0n) is 16.4. The van der Waals surface area contributed by atoms with Gasteiger partial charge in [0.05, 0.1) is 34.3 Å². The van der Waals surface area contributed by atoms with Crippen LogP contribution in [-0.4, -0.2) is 42.7 Å². The number of hydrogen-bond donors (Lipinski definition) is 0. The summed E-state index contributed by atoms with van der Waals surface area (Å²) in [5, 5.41) is 0.545. The van der Waals surface area contributed by atoms with Gasteiger partial charge in [-0.15, -0.1) is 0 Å². The van der Waals surface area contributed by atoms with Crippen LogP contribution < -0.4 is 4.74 Å². The van der Waals surface area contributed by atoms with E-state index in [1.165, 1.54) is 16.7 Å². The van der Waals surface area contributed by atoms with E-state index < -0.39 is 0 Å². The Morgan fingerprint density at radius 1 is 1.23 bits per heavy atom. The smallest absolute Gasteiger partial charge is 0.338 e. The van der Waals surface area contributed by atoms with Gasteiger partial charge in [0.2, 0.25) is 0 Å². The molecule has 0 aromatic heterocycles. The molecule has 9 heteroatoms. The minimum absolute atomic E-state index is 0.153. The largest absolute Gasteiger partial charge is 0.495 e. The third-order valence-corrected chi connectivity index (χ3v) is 6.24. The number of thioether (sulfide) groups is 1. The fourth-order valence-electron chi connectivity index (χ4n) is 2.69. The number of halogens is 2. The second-order valence-electron chi connectivity index (χ2n) is 6.15. The lowest BCUT2D eigenvalue weighted by Gasteiger charge is -2.09. The molecule has 0 unspecified atom stereocenters. The number of carbonyl (C=O) groups is 2. The van der Waals surface area contributed by atoms with Crippen LogP contribution in [0.25, 0.3) is 6.08 Å². The first-order valence-electron chi connectivity index (χ1n) is 8.90. The minimum atomic E-state index is -0.376. The lowest BCUT2D eigenvalue weighted by Crippen LogP contribution is -2.23. The summed E-state index contributed by atoms with van der Waals surface area (Å²) in [6.45, 7) is 2.08. The van der Waals surface area contributed by atoms with Gasteiger partial charge in [-0.1, -0.05) is 15.9 Å². The van der Waals surface area contributed by atoms with Crippen molar-refractivity contribution in [2.75, 3.05) is 20.8 Å². The second-order valence-corrected chi connectivity index (χ2v) is 8.93. The number of amides is 1. The van der Waals surface area contributed by atoms with Gasteiger partial charge in [-0.25, -0.2) is 9.79 Å². The van der Waals surface area contributed by atoms with Gasteiger partial charge in [0, 0.05) is 17.1 Å². The van der Waals surface area contributed by atoms with Gasteiger partial charge in [0.1, 0.15) is 5.75 Å². The number of aliphatic imine (C=N–C) groups is 1. The Kier molecular flexibility index (Phi) is 7.38. The fourth-order valence-corrected chi connectivity index (χ4v) is 5.09. The third-order valence-electron chi connectivity index (χ3n) is 4.13. The maximum Gasteiger partial charge on any atom is 0.338 e. The number of carbonyl (C=O) groups excluding carboxylic acids is 2. The first-order chi connectivity index (χ1) is 14.3. The number of likely N-dealkylation sites (N-methyl/N-ethyl adjacent to an activating group) is 1. The number of nitrogens with zero attached hydrogens (tertiary/aromatic N) is 2. The lowest BCUT2D eigenvalue weighted by molar-refractivity contribution is -0.121. The topological polar surface area (TPSA) is 68.2 Å². The van der Waals surface area contributed by atoms with Crippen molar-refractivity contribution in [3.63, 3.8) is 0 Å². The molecule has 30 heavy (non-hydrogen) atoms. The normalized spacial score (nSPS) is 16.4. The van der Waals surface area contributed by atoms with Crippen molar-refractivity contribution >= 4 is 72.4 Å². The van der Waals surface area contributed by atoms with Crippen molar-refractivity contribution in [3.8, 4) is 5.75 Å². The zero-order valence-corrected chi connectivity index (χ0v) is 20.4. The number of ether oxygens (including phenoxy) is 2. The van der Waals surface area contributed by atoms with Crippen molar-refractivity contribution in [1.82, 2.24) is 4.90 Å². The monoisotopic (exact) mass is 552 g/mol. The molecule has 2 aromatic carbocycles. The van der Waals surface area contributed by atoms with E-state index in [4.69, 9.17) is 9.47 Å². The highest BCUT2D eigenvalue weighted by molar-refractivity contribution is 9.11. The van der Waals surface area contributed by atoms with Crippen molar-refractivity contribution in [1.29, 1.82) is 0 Å². The van der Waals surface area contributed by atoms with Crippen LogP contribution in [0, 0.1) is 0 Å². The number of amidine groups is 1.